The van der Waals surface area contributed by atoms with Crippen molar-refractivity contribution < 1.29 is 24.2 Å². The molecule has 1 spiro atoms. The smallest absolute Gasteiger partial charge is 0.311 e. The Morgan fingerprint density at radius 2 is 2.00 bits per heavy atom. The summed E-state index contributed by atoms with van der Waals surface area (Å²) >= 11 is 8.07. The molecule has 6 atom stereocenters. The number of thioether (sulfide) groups is 1. The zero-order valence-electron chi connectivity index (χ0n) is 20.6. The van der Waals surface area contributed by atoms with Crippen LogP contribution < -0.4 is 4.90 Å². The molecule has 192 valence electrons. The maximum atomic E-state index is 14.5. The number of hydrogen-bond donors (Lipinski definition) is 1. The summed E-state index contributed by atoms with van der Waals surface area (Å²) in [5.74, 6) is -2.21. The van der Waals surface area contributed by atoms with Crippen molar-refractivity contribution in [2.45, 2.75) is 49.3 Å². The molecule has 1 N–H and O–H groups in total. The Bertz CT molecular complexity index is 1130. The third-order valence-electron chi connectivity index (χ3n) is 7.66. The number of likely N-dealkylation sites (tertiary alicyclic amines) is 1. The third-order valence-corrected chi connectivity index (χ3v) is 9.71. The van der Waals surface area contributed by atoms with Crippen molar-refractivity contribution in [3.05, 3.63) is 53.1 Å². The van der Waals surface area contributed by atoms with Gasteiger partial charge in [0.1, 0.15) is 12.6 Å². The second-order valence-corrected chi connectivity index (χ2v) is 12.3. The van der Waals surface area contributed by atoms with Gasteiger partial charge < -0.3 is 19.6 Å². The summed E-state index contributed by atoms with van der Waals surface area (Å²) < 4.78 is 4.46. The fraction of sp³-hybridized carbons (Fsp3) is 0.519. The number of esters is 1. The Balaban J connectivity index is 1.67. The average Bonchev–Trinajstić information content (AvgIpc) is 3.13. The molecule has 2 fully saturated rings. The van der Waals surface area contributed by atoms with Crippen molar-refractivity contribution in [3.8, 4) is 0 Å². The summed E-state index contributed by atoms with van der Waals surface area (Å²) in [7, 11) is 0. The van der Waals surface area contributed by atoms with E-state index in [2.05, 4.69) is 0 Å². The van der Waals surface area contributed by atoms with Crippen molar-refractivity contribution in [3.63, 3.8) is 0 Å². The van der Waals surface area contributed by atoms with Gasteiger partial charge in [-0.05, 0) is 30.9 Å². The van der Waals surface area contributed by atoms with Gasteiger partial charge in [0.05, 0.1) is 39.9 Å². The number of aliphatic hydroxyl groups excluding tert-OH is 1. The van der Waals surface area contributed by atoms with E-state index in [1.54, 1.807) is 21.9 Å². The van der Waals surface area contributed by atoms with Crippen molar-refractivity contribution in [1.29, 1.82) is 0 Å². The molecule has 9 heteroatoms. The van der Waals surface area contributed by atoms with Gasteiger partial charge >= 0.3 is 5.97 Å². The monoisotopic (exact) mass is 530 g/mol. The van der Waals surface area contributed by atoms with Crippen LogP contribution in [-0.4, -0.2) is 69.6 Å². The predicted molar refractivity (Wildman–Crippen MR) is 140 cm³/mol. The van der Waals surface area contributed by atoms with Crippen LogP contribution in [0.25, 0.3) is 0 Å². The molecule has 0 aliphatic carbocycles. The quantitative estimate of drug-likeness (QED) is 0.464. The maximum Gasteiger partial charge on any atom is 0.311 e. The normalized spacial score (nSPS) is 32.2. The van der Waals surface area contributed by atoms with E-state index < -0.39 is 34.6 Å². The van der Waals surface area contributed by atoms with Crippen LogP contribution in [0.4, 0.5) is 5.69 Å². The summed E-state index contributed by atoms with van der Waals surface area (Å²) in [6.45, 7) is 6.14. The van der Waals surface area contributed by atoms with E-state index in [1.807, 2.05) is 51.1 Å². The van der Waals surface area contributed by atoms with E-state index in [1.165, 1.54) is 11.8 Å². The lowest BCUT2D eigenvalue weighted by atomic mass is 9.78. The first kappa shape index (κ1) is 25.4. The van der Waals surface area contributed by atoms with Gasteiger partial charge in [-0.2, -0.15) is 0 Å². The standard InChI is InChI=1S/C27H31ClN2O5S/c1-15(2)13-17(14-31)30-23-25(33)29(22-16(3)7-4-8-18(22)28)11-6-10-27(23)21(24(30)32)20-19(36-27)9-5-12-35-26(20)34/h4-10,15,17,19-21,23,31H,11-14H2,1-3H3/t17-,19-,20+,21+,23?,27+/m1/s1. The molecule has 0 aromatic heterocycles. The fourth-order valence-electron chi connectivity index (χ4n) is 6.29. The maximum absolute atomic E-state index is 14.5. The molecule has 1 aromatic rings. The van der Waals surface area contributed by atoms with E-state index in [9.17, 15) is 19.5 Å². The van der Waals surface area contributed by atoms with Gasteiger partial charge in [0, 0.05) is 11.8 Å². The molecule has 1 aromatic carbocycles. The molecule has 4 aliphatic rings. The Morgan fingerprint density at radius 3 is 2.69 bits per heavy atom. The molecular weight excluding hydrogens is 500 g/mol. The minimum atomic E-state index is -0.960. The van der Waals surface area contributed by atoms with E-state index in [0.717, 1.165) is 5.56 Å². The van der Waals surface area contributed by atoms with E-state index in [0.29, 0.717) is 23.7 Å². The van der Waals surface area contributed by atoms with Crippen LogP contribution in [0.2, 0.25) is 5.02 Å². The first-order valence-electron chi connectivity index (χ1n) is 12.4. The number of ether oxygens (including phenoxy) is 1. The van der Waals surface area contributed by atoms with Gasteiger partial charge in [0.2, 0.25) is 5.91 Å². The molecule has 36 heavy (non-hydrogen) atoms. The molecule has 7 nitrogen and oxygen atoms in total. The molecule has 4 aliphatic heterocycles. The van der Waals surface area contributed by atoms with Crippen molar-refractivity contribution >= 4 is 46.8 Å². The highest BCUT2D eigenvalue weighted by Crippen LogP contribution is 2.61. The molecule has 5 rings (SSSR count). The van der Waals surface area contributed by atoms with Crippen LogP contribution in [-0.2, 0) is 19.1 Å². The van der Waals surface area contributed by atoms with Crippen molar-refractivity contribution in [2.75, 3.05) is 24.7 Å². The molecule has 2 amide bonds. The number of cyclic esters (lactones) is 1. The highest BCUT2D eigenvalue weighted by molar-refractivity contribution is 8.02. The minimum absolute atomic E-state index is 0.175. The SMILES string of the molecule is Cc1cccc(Cl)c1N1CC=C[C@]23S[C@@H]4C=CCOC(=O)[C@@H]4[C@H]2C(=O)N([C@@H](CO)CC(C)C)C3C1=O. The van der Waals surface area contributed by atoms with Crippen molar-refractivity contribution in [1.82, 2.24) is 4.90 Å². The first-order valence-corrected chi connectivity index (χ1v) is 13.6. The van der Waals surface area contributed by atoms with Gasteiger partial charge in [-0.25, -0.2) is 0 Å². The van der Waals surface area contributed by atoms with E-state index in [-0.39, 0.29) is 36.2 Å². The zero-order valence-corrected chi connectivity index (χ0v) is 22.2. The average molecular weight is 531 g/mol. The molecule has 0 bridgehead atoms. The number of para-hydroxylation sites is 1. The number of anilines is 1. The van der Waals surface area contributed by atoms with Gasteiger partial charge in [-0.3, -0.25) is 14.4 Å². The molecular formula is C27H31ClN2O5S. The van der Waals surface area contributed by atoms with Crippen LogP contribution >= 0.6 is 23.4 Å². The van der Waals surface area contributed by atoms with Crippen LogP contribution in [0.5, 0.6) is 0 Å². The Labute approximate surface area is 220 Å². The lowest BCUT2D eigenvalue weighted by Gasteiger charge is -2.39. The zero-order chi connectivity index (χ0) is 25.8. The number of rotatable bonds is 5. The highest BCUT2D eigenvalue weighted by atomic mass is 35.5. The van der Waals surface area contributed by atoms with Crippen LogP contribution in [0.15, 0.2) is 42.5 Å². The Kier molecular flexibility index (Phi) is 6.72. The summed E-state index contributed by atoms with van der Waals surface area (Å²) in [6.07, 6.45) is 8.13. The highest BCUT2D eigenvalue weighted by Gasteiger charge is 2.72. The number of aryl methyl sites for hydroxylation is 1. The number of nitrogens with zero attached hydrogens (tertiary/aromatic N) is 2. The second kappa shape index (κ2) is 9.54. The number of benzene rings is 1. The minimum Gasteiger partial charge on any atom is -0.461 e. The summed E-state index contributed by atoms with van der Waals surface area (Å²) in [4.78, 5) is 45.0. The number of hydrogen-bond acceptors (Lipinski definition) is 6. The van der Waals surface area contributed by atoms with E-state index >= 15 is 0 Å². The second-order valence-electron chi connectivity index (χ2n) is 10.4. The number of carbonyl (C=O) groups excluding carboxylic acids is 3. The van der Waals surface area contributed by atoms with Crippen molar-refractivity contribution in [2.24, 2.45) is 17.8 Å². The largest absolute Gasteiger partial charge is 0.461 e. The van der Waals surface area contributed by atoms with Gasteiger partial charge in [-0.15, -0.1) is 11.8 Å². The number of aliphatic hydroxyl groups is 1. The lowest BCUT2D eigenvalue weighted by molar-refractivity contribution is -0.152. The Hall–Kier alpha value is -2.29. The lowest BCUT2D eigenvalue weighted by Crippen LogP contribution is -2.57. The summed E-state index contributed by atoms with van der Waals surface area (Å²) in [5, 5.41) is 10.6. The van der Waals surface area contributed by atoms with Crippen LogP contribution in [0.3, 0.4) is 0 Å². The van der Waals surface area contributed by atoms with Crippen LogP contribution in [0.1, 0.15) is 25.8 Å². The van der Waals surface area contributed by atoms with Gasteiger partial charge in [0.15, 0.2) is 0 Å². The predicted octanol–water partition coefficient (Wildman–Crippen LogP) is 3.37. The molecule has 0 saturated carbocycles. The fourth-order valence-corrected chi connectivity index (χ4v) is 8.60. The summed E-state index contributed by atoms with van der Waals surface area (Å²) in [6, 6.07) is 4.05. The Morgan fingerprint density at radius 1 is 1.22 bits per heavy atom. The van der Waals surface area contributed by atoms with Crippen LogP contribution in [0, 0.1) is 24.7 Å². The summed E-state index contributed by atoms with van der Waals surface area (Å²) in [5.41, 5.74) is 1.46. The number of amides is 2. The number of carbonyl (C=O) groups is 3. The number of halogens is 1. The topological polar surface area (TPSA) is 87.2 Å². The molecule has 0 radical (unpaired) electrons. The number of fused-ring (bicyclic) bond motifs is 2. The molecule has 4 heterocycles. The molecule has 2 saturated heterocycles. The van der Waals surface area contributed by atoms with Gasteiger partial charge in [0.25, 0.3) is 5.91 Å². The third kappa shape index (κ3) is 3.80. The molecule has 1 unspecified atom stereocenters. The van der Waals surface area contributed by atoms with Gasteiger partial charge in [-0.1, -0.05) is 61.9 Å². The van der Waals surface area contributed by atoms with E-state index in [4.69, 9.17) is 16.3 Å². The first-order chi connectivity index (χ1) is 17.2.